The standard InChI is InChI=1S/C25H29N3O2/c1-28-15-18(16-30-25(29)26-11-10-17-6-3-2-4-7-17)12-21-20-8-5-9-22-24(20)19(14-27-22)13-23(21)28/h2-9,14,18,21,23,27H,10-13,15-16H2,1H3,(H,26,29)/t18-,21?,23-/m1/s1. The van der Waals surface area contributed by atoms with Crippen molar-refractivity contribution in [3.63, 3.8) is 0 Å². The minimum atomic E-state index is -0.311. The smallest absolute Gasteiger partial charge is 0.407 e. The topological polar surface area (TPSA) is 57.4 Å². The second-order valence-electron chi connectivity index (χ2n) is 8.76. The Hall–Kier alpha value is -2.79. The van der Waals surface area contributed by atoms with Crippen molar-refractivity contribution in [1.82, 2.24) is 15.2 Å². The highest BCUT2D eigenvalue weighted by Gasteiger charge is 2.39. The molecule has 3 atom stereocenters. The van der Waals surface area contributed by atoms with E-state index in [9.17, 15) is 4.79 Å². The summed E-state index contributed by atoms with van der Waals surface area (Å²) >= 11 is 0. The van der Waals surface area contributed by atoms with Crippen LogP contribution in [0.25, 0.3) is 10.9 Å². The summed E-state index contributed by atoms with van der Waals surface area (Å²) in [5.41, 5.74) is 5.33. The number of hydrogen-bond donors (Lipinski definition) is 2. The number of carbonyl (C=O) groups excluding carboxylic acids is 1. The quantitative estimate of drug-likeness (QED) is 0.674. The molecule has 5 heteroatoms. The summed E-state index contributed by atoms with van der Waals surface area (Å²) in [6, 6.07) is 17.3. The summed E-state index contributed by atoms with van der Waals surface area (Å²) in [5, 5.41) is 4.29. The zero-order chi connectivity index (χ0) is 20.5. The summed E-state index contributed by atoms with van der Waals surface area (Å²) in [5.74, 6) is 0.845. The van der Waals surface area contributed by atoms with Crippen LogP contribution in [0.2, 0.25) is 0 Å². The third-order valence-electron chi connectivity index (χ3n) is 6.79. The molecular formula is C25H29N3O2. The number of ether oxygens (including phenoxy) is 1. The Morgan fingerprint density at radius 1 is 1.20 bits per heavy atom. The molecule has 2 N–H and O–H groups in total. The molecule has 30 heavy (non-hydrogen) atoms. The molecule has 1 aliphatic heterocycles. The maximum atomic E-state index is 12.2. The van der Waals surface area contributed by atoms with E-state index < -0.39 is 0 Å². The monoisotopic (exact) mass is 403 g/mol. The zero-order valence-electron chi connectivity index (χ0n) is 17.4. The van der Waals surface area contributed by atoms with Gasteiger partial charge < -0.3 is 19.9 Å². The van der Waals surface area contributed by atoms with Crippen LogP contribution in [-0.2, 0) is 17.6 Å². The second kappa shape index (κ2) is 8.15. The molecule has 1 unspecified atom stereocenters. The lowest BCUT2D eigenvalue weighted by Gasteiger charge is -2.45. The molecule has 5 nitrogen and oxygen atoms in total. The average molecular weight is 404 g/mol. The van der Waals surface area contributed by atoms with Gasteiger partial charge in [0.25, 0.3) is 0 Å². The van der Waals surface area contributed by atoms with Crippen molar-refractivity contribution >= 4 is 17.0 Å². The van der Waals surface area contributed by atoms with Crippen LogP contribution in [0.3, 0.4) is 0 Å². The number of nitrogens with one attached hydrogen (secondary N) is 2. The van der Waals surface area contributed by atoms with E-state index in [0.717, 1.165) is 25.8 Å². The molecule has 2 heterocycles. The van der Waals surface area contributed by atoms with Crippen LogP contribution >= 0.6 is 0 Å². The number of carbonyl (C=O) groups is 1. The molecule has 156 valence electrons. The van der Waals surface area contributed by atoms with Gasteiger partial charge in [-0.3, -0.25) is 0 Å². The van der Waals surface area contributed by atoms with Gasteiger partial charge in [0.2, 0.25) is 0 Å². The van der Waals surface area contributed by atoms with Crippen molar-refractivity contribution in [2.75, 3.05) is 26.7 Å². The number of hydrogen-bond acceptors (Lipinski definition) is 3. The molecule has 0 radical (unpaired) electrons. The summed E-state index contributed by atoms with van der Waals surface area (Å²) in [6.45, 7) is 2.03. The van der Waals surface area contributed by atoms with Gasteiger partial charge in [-0.05, 0) is 49.1 Å². The van der Waals surface area contributed by atoms with Gasteiger partial charge in [0.15, 0.2) is 0 Å². The van der Waals surface area contributed by atoms with Crippen LogP contribution in [0, 0.1) is 5.92 Å². The van der Waals surface area contributed by atoms with Gasteiger partial charge in [-0.15, -0.1) is 0 Å². The fourth-order valence-electron chi connectivity index (χ4n) is 5.37. The molecule has 0 bridgehead atoms. The Labute approximate surface area is 177 Å². The molecule has 0 spiro atoms. The third kappa shape index (κ3) is 3.70. The lowest BCUT2D eigenvalue weighted by Crippen LogP contribution is -2.49. The number of likely N-dealkylation sites (N-methyl/N-ethyl adjacent to an activating group) is 1. The van der Waals surface area contributed by atoms with Crippen LogP contribution < -0.4 is 5.32 Å². The molecule has 5 rings (SSSR count). The van der Waals surface area contributed by atoms with E-state index in [1.54, 1.807) is 0 Å². The molecule has 1 amide bonds. The largest absolute Gasteiger partial charge is 0.449 e. The maximum Gasteiger partial charge on any atom is 0.407 e. The number of H-pyrrole nitrogens is 1. The minimum absolute atomic E-state index is 0.311. The van der Waals surface area contributed by atoms with Gasteiger partial charge >= 0.3 is 6.09 Å². The van der Waals surface area contributed by atoms with Crippen molar-refractivity contribution in [2.24, 2.45) is 5.92 Å². The van der Waals surface area contributed by atoms with Gasteiger partial charge in [0, 0.05) is 48.1 Å². The van der Waals surface area contributed by atoms with Crippen molar-refractivity contribution in [3.8, 4) is 0 Å². The second-order valence-corrected chi connectivity index (χ2v) is 8.76. The van der Waals surface area contributed by atoms with Crippen LogP contribution in [0.5, 0.6) is 0 Å². The van der Waals surface area contributed by atoms with Gasteiger partial charge in [-0.2, -0.15) is 0 Å². The number of amides is 1. The highest BCUT2D eigenvalue weighted by Crippen LogP contribution is 2.44. The number of aromatic amines is 1. The highest BCUT2D eigenvalue weighted by atomic mass is 16.5. The van der Waals surface area contributed by atoms with E-state index in [0.29, 0.717) is 31.0 Å². The average Bonchev–Trinajstić information content (AvgIpc) is 3.18. The first kappa shape index (κ1) is 19.2. The molecule has 2 aromatic carbocycles. The lowest BCUT2D eigenvalue weighted by molar-refractivity contribution is 0.0622. The first-order chi connectivity index (χ1) is 14.7. The van der Waals surface area contributed by atoms with Gasteiger partial charge in [-0.25, -0.2) is 4.79 Å². The molecule has 1 fully saturated rings. The third-order valence-corrected chi connectivity index (χ3v) is 6.79. The normalized spacial score (nSPS) is 23.2. The maximum absolute atomic E-state index is 12.2. The first-order valence-corrected chi connectivity index (χ1v) is 10.9. The van der Waals surface area contributed by atoms with Gasteiger partial charge in [0.05, 0.1) is 6.61 Å². The van der Waals surface area contributed by atoms with Crippen molar-refractivity contribution in [1.29, 1.82) is 0 Å². The van der Waals surface area contributed by atoms with Gasteiger partial charge in [-0.1, -0.05) is 42.5 Å². The van der Waals surface area contributed by atoms with Crippen molar-refractivity contribution in [2.45, 2.75) is 31.2 Å². The van der Waals surface area contributed by atoms with Crippen molar-refractivity contribution < 1.29 is 9.53 Å². The number of rotatable bonds is 5. The number of likely N-dealkylation sites (tertiary alicyclic amines) is 1. The Balaban J connectivity index is 1.18. The number of aromatic nitrogens is 1. The molecule has 1 saturated heterocycles. The fourth-order valence-corrected chi connectivity index (χ4v) is 5.37. The summed E-state index contributed by atoms with van der Waals surface area (Å²) < 4.78 is 5.59. The van der Waals surface area contributed by atoms with Crippen molar-refractivity contribution in [3.05, 3.63) is 71.4 Å². The number of piperidine rings is 1. The Kier molecular flexibility index (Phi) is 5.21. The van der Waals surface area contributed by atoms with Crippen LogP contribution in [0.4, 0.5) is 4.79 Å². The fraction of sp³-hybridized carbons (Fsp3) is 0.400. The van der Waals surface area contributed by atoms with Crippen LogP contribution in [0.15, 0.2) is 54.7 Å². The van der Waals surface area contributed by atoms with Gasteiger partial charge in [0.1, 0.15) is 0 Å². The summed E-state index contributed by atoms with van der Waals surface area (Å²) in [4.78, 5) is 18.1. The molecule has 3 aromatic rings. The first-order valence-electron chi connectivity index (χ1n) is 10.9. The molecule has 0 saturated carbocycles. The van der Waals surface area contributed by atoms with Crippen LogP contribution in [-0.4, -0.2) is 48.8 Å². The number of fused-ring (bicyclic) bond motifs is 2. The molecular weight excluding hydrogens is 374 g/mol. The molecule has 1 aliphatic carbocycles. The van der Waals surface area contributed by atoms with E-state index >= 15 is 0 Å². The van der Waals surface area contributed by atoms with E-state index in [-0.39, 0.29) is 6.09 Å². The molecule has 2 aliphatic rings. The van der Waals surface area contributed by atoms with E-state index in [1.807, 2.05) is 18.2 Å². The predicted molar refractivity (Wildman–Crippen MR) is 119 cm³/mol. The Bertz CT molecular complexity index is 1030. The lowest BCUT2D eigenvalue weighted by atomic mass is 9.72. The Morgan fingerprint density at radius 3 is 2.93 bits per heavy atom. The van der Waals surface area contributed by atoms with E-state index in [2.05, 4.69) is 58.8 Å². The summed E-state index contributed by atoms with van der Waals surface area (Å²) in [7, 11) is 2.21. The zero-order valence-corrected chi connectivity index (χ0v) is 17.4. The minimum Gasteiger partial charge on any atom is -0.449 e. The van der Waals surface area contributed by atoms with E-state index in [1.165, 1.54) is 27.6 Å². The van der Waals surface area contributed by atoms with Crippen LogP contribution in [0.1, 0.15) is 29.0 Å². The molecule has 1 aromatic heterocycles. The van der Waals surface area contributed by atoms with E-state index in [4.69, 9.17) is 4.74 Å². The number of benzene rings is 2. The number of alkyl carbamates (subject to hydrolysis) is 1. The predicted octanol–water partition coefficient (Wildman–Crippen LogP) is 4.10. The number of nitrogens with zero attached hydrogens (tertiary/aromatic N) is 1. The SMILES string of the molecule is CN1C[C@H](COC(=O)NCCc2ccccc2)CC2c3cccc4[nH]cc(c34)C[C@H]21. The highest BCUT2D eigenvalue weighted by molar-refractivity contribution is 5.88. The summed E-state index contributed by atoms with van der Waals surface area (Å²) in [6.07, 6.45) is 4.83. The Morgan fingerprint density at radius 2 is 2.07 bits per heavy atom.